The van der Waals surface area contributed by atoms with E-state index in [4.69, 9.17) is 4.74 Å². The summed E-state index contributed by atoms with van der Waals surface area (Å²) < 4.78 is 43.4. The molecule has 0 saturated heterocycles. The third-order valence-corrected chi connectivity index (χ3v) is 3.65. The molecular weight excluding hydrogens is 313 g/mol. The number of hydrogen-bond acceptors (Lipinski definition) is 1. The van der Waals surface area contributed by atoms with Crippen molar-refractivity contribution in [3.05, 3.63) is 90.0 Å². The Hall–Kier alpha value is -2.75. The van der Waals surface area contributed by atoms with E-state index in [1.807, 2.05) is 54.6 Å². The Morgan fingerprint density at radius 3 is 1.75 bits per heavy atom. The Kier molecular flexibility index (Phi) is 4.56. The van der Waals surface area contributed by atoms with Crippen LogP contribution in [0.2, 0.25) is 0 Å². The van der Waals surface area contributed by atoms with Gasteiger partial charge in [0.15, 0.2) is 0 Å². The summed E-state index contributed by atoms with van der Waals surface area (Å²) in [5.41, 5.74) is 1.97. The van der Waals surface area contributed by atoms with Crippen LogP contribution in [0, 0.1) is 0 Å². The number of para-hydroxylation sites is 1. The fourth-order valence-corrected chi connectivity index (χ4v) is 2.33. The maximum atomic E-state index is 12.6. The molecule has 0 aliphatic carbocycles. The second-order valence-corrected chi connectivity index (χ2v) is 5.37. The van der Waals surface area contributed by atoms with Crippen LogP contribution in [0.1, 0.15) is 11.1 Å². The van der Waals surface area contributed by atoms with E-state index in [0.717, 1.165) is 34.6 Å². The van der Waals surface area contributed by atoms with Crippen molar-refractivity contribution in [3.63, 3.8) is 0 Å². The minimum absolute atomic E-state index is 0.442. The van der Waals surface area contributed by atoms with Crippen molar-refractivity contribution in [2.24, 2.45) is 0 Å². The molecule has 122 valence electrons. The molecule has 3 rings (SSSR count). The lowest BCUT2D eigenvalue weighted by Crippen LogP contribution is -2.03. The van der Waals surface area contributed by atoms with Crippen molar-refractivity contribution in [1.29, 1.82) is 0 Å². The van der Waals surface area contributed by atoms with Gasteiger partial charge in [0.1, 0.15) is 12.4 Å². The monoisotopic (exact) mass is 328 g/mol. The summed E-state index contributed by atoms with van der Waals surface area (Å²) in [6, 6.07) is 22.3. The molecule has 0 aromatic heterocycles. The highest BCUT2D eigenvalue weighted by molar-refractivity contribution is 5.64. The molecule has 0 N–H and O–H groups in total. The van der Waals surface area contributed by atoms with Crippen LogP contribution in [0.15, 0.2) is 78.9 Å². The molecule has 1 nitrogen and oxygen atoms in total. The third-order valence-electron chi connectivity index (χ3n) is 3.65. The second kappa shape index (κ2) is 6.79. The molecule has 0 saturated carbocycles. The molecule has 4 heteroatoms. The average Bonchev–Trinajstić information content (AvgIpc) is 2.61. The van der Waals surface area contributed by atoms with Crippen LogP contribution in [0.3, 0.4) is 0 Å². The van der Waals surface area contributed by atoms with E-state index in [1.165, 1.54) is 12.1 Å². The van der Waals surface area contributed by atoms with Crippen molar-refractivity contribution < 1.29 is 17.9 Å². The molecule has 0 bridgehead atoms. The molecule has 3 aromatic carbocycles. The number of rotatable bonds is 4. The van der Waals surface area contributed by atoms with Gasteiger partial charge < -0.3 is 4.74 Å². The summed E-state index contributed by atoms with van der Waals surface area (Å²) in [5.74, 6) is 0.796. The smallest absolute Gasteiger partial charge is 0.416 e. The number of benzene rings is 3. The average molecular weight is 328 g/mol. The van der Waals surface area contributed by atoms with Crippen LogP contribution in [0.5, 0.6) is 5.75 Å². The fourth-order valence-electron chi connectivity index (χ4n) is 2.33. The zero-order chi connectivity index (χ0) is 17.0. The molecule has 0 spiro atoms. The second-order valence-electron chi connectivity index (χ2n) is 5.37. The Balaban J connectivity index is 1.68. The predicted molar refractivity (Wildman–Crippen MR) is 87.7 cm³/mol. The highest BCUT2D eigenvalue weighted by Gasteiger charge is 2.29. The first kappa shape index (κ1) is 16.1. The minimum atomic E-state index is -4.31. The van der Waals surface area contributed by atoms with Crippen LogP contribution in [0.4, 0.5) is 13.2 Å². The van der Waals surface area contributed by atoms with E-state index in [0.29, 0.717) is 6.61 Å². The maximum Gasteiger partial charge on any atom is 0.416 e. The van der Waals surface area contributed by atoms with E-state index in [1.54, 1.807) is 0 Å². The van der Waals surface area contributed by atoms with Crippen molar-refractivity contribution in [3.8, 4) is 16.9 Å². The standard InChI is InChI=1S/C20H15F3O/c21-20(22,23)18-12-10-17(11-13-18)16-8-6-15(7-9-16)14-24-19-4-2-1-3-5-19/h1-13H,14H2. The number of alkyl halides is 3. The first-order chi connectivity index (χ1) is 11.5. The van der Waals surface area contributed by atoms with Gasteiger partial charge in [-0.1, -0.05) is 54.6 Å². The summed E-state index contributed by atoms with van der Waals surface area (Å²) in [6.07, 6.45) is -4.31. The first-order valence-electron chi connectivity index (χ1n) is 7.47. The van der Waals surface area contributed by atoms with Crippen LogP contribution in [-0.2, 0) is 12.8 Å². The van der Waals surface area contributed by atoms with Gasteiger partial charge >= 0.3 is 6.18 Å². The molecule has 0 unspecified atom stereocenters. The van der Waals surface area contributed by atoms with Gasteiger partial charge in [-0.15, -0.1) is 0 Å². The van der Waals surface area contributed by atoms with Crippen LogP contribution in [-0.4, -0.2) is 0 Å². The highest BCUT2D eigenvalue weighted by atomic mass is 19.4. The molecular formula is C20H15F3O. The number of ether oxygens (including phenoxy) is 1. The third kappa shape index (κ3) is 3.96. The Morgan fingerprint density at radius 2 is 1.21 bits per heavy atom. The van der Waals surface area contributed by atoms with Crippen LogP contribution in [0.25, 0.3) is 11.1 Å². The summed E-state index contributed by atoms with van der Waals surface area (Å²) in [4.78, 5) is 0. The van der Waals surface area contributed by atoms with Gasteiger partial charge in [0.2, 0.25) is 0 Å². The van der Waals surface area contributed by atoms with Crippen molar-refractivity contribution in [2.75, 3.05) is 0 Å². The molecule has 0 fully saturated rings. The van der Waals surface area contributed by atoms with Gasteiger partial charge in [-0.25, -0.2) is 0 Å². The molecule has 0 amide bonds. The quantitative estimate of drug-likeness (QED) is 0.575. The molecule has 0 radical (unpaired) electrons. The normalized spacial score (nSPS) is 11.3. The largest absolute Gasteiger partial charge is 0.489 e. The van der Waals surface area contributed by atoms with Gasteiger partial charge in [-0.05, 0) is 41.0 Å². The Labute approximate surface area is 138 Å². The fraction of sp³-hybridized carbons (Fsp3) is 0.100. The van der Waals surface area contributed by atoms with E-state index in [2.05, 4.69) is 0 Å². The maximum absolute atomic E-state index is 12.6. The van der Waals surface area contributed by atoms with Gasteiger partial charge in [-0.3, -0.25) is 0 Å². The summed E-state index contributed by atoms with van der Waals surface area (Å²) in [6.45, 7) is 0.442. The molecule has 0 heterocycles. The summed E-state index contributed by atoms with van der Waals surface area (Å²) >= 11 is 0. The van der Waals surface area contributed by atoms with E-state index in [-0.39, 0.29) is 0 Å². The molecule has 0 atom stereocenters. The van der Waals surface area contributed by atoms with E-state index >= 15 is 0 Å². The predicted octanol–water partition coefficient (Wildman–Crippen LogP) is 5.95. The molecule has 0 aliphatic rings. The van der Waals surface area contributed by atoms with Crippen molar-refractivity contribution >= 4 is 0 Å². The van der Waals surface area contributed by atoms with Gasteiger partial charge in [0, 0.05) is 0 Å². The lowest BCUT2D eigenvalue weighted by molar-refractivity contribution is -0.137. The zero-order valence-electron chi connectivity index (χ0n) is 12.8. The molecule has 3 aromatic rings. The SMILES string of the molecule is FC(F)(F)c1ccc(-c2ccc(COc3ccccc3)cc2)cc1. The lowest BCUT2D eigenvalue weighted by Gasteiger charge is -2.09. The van der Waals surface area contributed by atoms with Gasteiger partial charge in [0.25, 0.3) is 0 Å². The summed E-state index contributed by atoms with van der Waals surface area (Å²) in [5, 5.41) is 0. The van der Waals surface area contributed by atoms with Gasteiger partial charge in [-0.2, -0.15) is 13.2 Å². The molecule has 24 heavy (non-hydrogen) atoms. The van der Waals surface area contributed by atoms with Gasteiger partial charge in [0.05, 0.1) is 5.56 Å². The Bertz CT molecular complexity index is 776. The van der Waals surface area contributed by atoms with Crippen molar-refractivity contribution in [1.82, 2.24) is 0 Å². The number of hydrogen-bond donors (Lipinski definition) is 0. The molecule has 0 aliphatic heterocycles. The van der Waals surface area contributed by atoms with E-state index in [9.17, 15) is 13.2 Å². The van der Waals surface area contributed by atoms with Crippen molar-refractivity contribution in [2.45, 2.75) is 12.8 Å². The lowest BCUT2D eigenvalue weighted by atomic mass is 10.0. The Morgan fingerprint density at radius 1 is 0.667 bits per heavy atom. The summed E-state index contributed by atoms with van der Waals surface area (Å²) in [7, 11) is 0. The van der Waals surface area contributed by atoms with Crippen LogP contribution >= 0.6 is 0 Å². The zero-order valence-corrected chi connectivity index (χ0v) is 12.8. The highest BCUT2D eigenvalue weighted by Crippen LogP contribution is 2.31. The minimum Gasteiger partial charge on any atom is -0.489 e. The topological polar surface area (TPSA) is 9.23 Å². The first-order valence-corrected chi connectivity index (χ1v) is 7.47. The van der Waals surface area contributed by atoms with Crippen LogP contribution < -0.4 is 4.74 Å². The van der Waals surface area contributed by atoms with E-state index < -0.39 is 11.7 Å². The number of halogens is 3.